The van der Waals surface area contributed by atoms with Crippen molar-refractivity contribution in [3.8, 4) is 11.5 Å². The van der Waals surface area contributed by atoms with Crippen LogP contribution in [0.25, 0.3) is 0 Å². The average molecular weight is 374 g/mol. The molecule has 144 valence electrons. The van der Waals surface area contributed by atoms with Crippen molar-refractivity contribution in [2.24, 2.45) is 0 Å². The van der Waals surface area contributed by atoms with Crippen LogP contribution in [0.4, 0.5) is 15.8 Å². The van der Waals surface area contributed by atoms with Gasteiger partial charge in [-0.1, -0.05) is 6.07 Å². The topological polar surface area (TPSA) is 55.2 Å². The van der Waals surface area contributed by atoms with Crippen molar-refractivity contribution in [2.45, 2.75) is 0 Å². The third-order valence-electron chi connectivity index (χ3n) is 4.77. The van der Waals surface area contributed by atoms with Gasteiger partial charge in [-0.05, 0) is 36.4 Å². The van der Waals surface area contributed by atoms with Crippen molar-refractivity contribution in [2.75, 3.05) is 57.2 Å². The first kappa shape index (κ1) is 19.0. The number of nitrogens with zero attached hydrogens (tertiary/aromatic N) is 1. The van der Waals surface area contributed by atoms with Crippen LogP contribution in [0.1, 0.15) is 0 Å². The normalized spacial score (nSPS) is 14.7. The molecular formula is C20H25FN3O3+. The predicted octanol–water partition coefficient (Wildman–Crippen LogP) is 1.19. The molecule has 1 fully saturated rings. The lowest BCUT2D eigenvalue weighted by molar-refractivity contribution is -0.892. The smallest absolute Gasteiger partial charge is 0.279 e. The van der Waals surface area contributed by atoms with Crippen LogP contribution < -0.4 is 24.6 Å². The van der Waals surface area contributed by atoms with E-state index in [1.165, 1.54) is 17.0 Å². The minimum absolute atomic E-state index is 0.0805. The first-order valence-corrected chi connectivity index (χ1v) is 8.95. The first-order chi connectivity index (χ1) is 13.1. The van der Waals surface area contributed by atoms with Crippen LogP contribution in [-0.4, -0.2) is 52.9 Å². The number of ether oxygens (including phenoxy) is 2. The zero-order valence-corrected chi connectivity index (χ0v) is 15.6. The Hall–Kier alpha value is -2.80. The van der Waals surface area contributed by atoms with E-state index in [0.717, 1.165) is 31.9 Å². The molecule has 0 atom stereocenters. The van der Waals surface area contributed by atoms with E-state index in [4.69, 9.17) is 9.47 Å². The Balaban J connectivity index is 1.55. The second kappa shape index (κ2) is 8.73. The zero-order chi connectivity index (χ0) is 19.2. The summed E-state index contributed by atoms with van der Waals surface area (Å²) in [6.07, 6.45) is 0. The van der Waals surface area contributed by atoms with Gasteiger partial charge in [0.1, 0.15) is 23.0 Å². The van der Waals surface area contributed by atoms with E-state index >= 15 is 0 Å². The number of quaternary nitrogens is 1. The number of nitrogens with one attached hydrogen (secondary N) is 2. The highest BCUT2D eigenvalue weighted by Crippen LogP contribution is 2.33. The van der Waals surface area contributed by atoms with Gasteiger partial charge >= 0.3 is 0 Å². The Morgan fingerprint density at radius 1 is 1.07 bits per heavy atom. The maximum absolute atomic E-state index is 13.1. The number of hydrogen-bond acceptors (Lipinski definition) is 4. The third-order valence-corrected chi connectivity index (χ3v) is 4.77. The summed E-state index contributed by atoms with van der Waals surface area (Å²) >= 11 is 0. The number of benzene rings is 2. The van der Waals surface area contributed by atoms with E-state index in [1.807, 2.05) is 6.07 Å². The maximum Gasteiger partial charge on any atom is 0.279 e. The molecule has 1 heterocycles. The largest absolute Gasteiger partial charge is 0.494 e. The summed E-state index contributed by atoms with van der Waals surface area (Å²) in [5.74, 6) is 0.826. The molecule has 0 spiro atoms. The second-order valence-electron chi connectivity index (χ2n) is 6.48. The fourth-order valence-corrected chi connectivity index (χ4v) is 3.29. The van der Waals surface area contributed by atoms with Gasteiger partial charge in [-0.2, -0.15) is 0 Å². The third kappa shape index (κ3) is 4.68. The molecule has 0 aromatic heterocycles. The molecule has 0 radical (unpaired) electrons. The van der Waals surface area contributed by atoms with Crippen LogP contribution in [0.5, 0.6) is 11.5 Å². The number of amides is 1. The number of carbonyl (C=O) groups excluding carboxylic acids is 1. The molecule has 0 saturated carbocycles. The SMILES string of the molecule is COc1cccc(OC)c1NC(=O)C[NH+]1CCN(c2ccc(F)cc2)CC1. The minimum atomic E-state index is -0.230. The molecule has 2 aromatic carbocycles. The fourth-order valence-electron chi connectivity index (χ4n) is 3.29. The summed E-state index contributed by atoms with van der Waals surface area (Å²) in [5, 5.41) is 2.91. The number of hydrogen-bond donors (Lipinski definition) is 2. The molecule has 0 bridgehead atoms. The van der Waals surface area contributed by atoms with Gasteiger partial charge in [-0.3, -0.25) is 4.79 Å². The van der Waals surface area contributed by atoms with E-state index in [2.05, 4.69) is 10.2 Å². The Morgan fingerprint density at radius 3 is 2.22 bits per heavy atom. The molecule has 1 aliphatic heterocycles. The van der Waals surface area contributed by atoms with Gasteiger partial charge in [0, 0.05) is 5.69 Å². The Kier molecular flexibility index (Phi) is 6.13. The van der Waals surface area contributed by atoms with E-state index < -0.39 is 0 Å². The Morgan fingerprint density at radius 2 is 1.67 bits per heavy atom. The molecule has 0 aliphatic carbocycles. The second-order valence-corrected chi connectivity index (χ2v) is 6.48. The summed E-state index contributed by atoms with van der Waals surface area (Å²) < 4.78 is 23.7. The maximum atomic E-state index is 13.1. The van der Waals surface area contributed by atoms with Crippen molar-refractivity contribution in [3.63, 3.8) is 0 Å². The predicted molar refractivity (Wildman–Crippen MR) is 102 cm³/mol. The van der Waals surface area contributed by atoms with Crippen molar-refractivity contribution in [1.82, 2.24) is 0 Å². The average Bonchev–Trinajstić information content (AvgIpc) is 2.69. The van der Waals surface area contributed by atoms with Crippen molar-refractivity contribution < 1.29 is 23.6 Å². The van der Waals surface area contributed by atoms with Gasteiger partial charge in [0.05, 0.1) is 40.4 Å². The lowest BCUT2D eigenvalue weighted by Gasteiger charge is -2.33. The molecular weight excluding hydrogens is 349 g/mol. The van der Waals surface area contributed by atoms with E-state index in [1.54, 1.807) is 38.5 Å². The lowest BCUT2D eigenvalue weighted by atomic mass is 10.2. The molecule has 1 saturated heterocycles. The van der Waals surface area contributed by atoms with Gasteiger partial charge in [-0.15, -0.1) is 0 Å². The minimum Gasteiger partial charge on any atom is -0.494 e. The Labute approximate surface area is 158 Å². The first-order valence-electron chi connectivity index (χ1n) is 8.95. The highest BCUT2D eigenvalue weighted by Gasteiger charge is 2.23. The quantitative estimate of drug-likeness (QED) is 0.798. The molecule has 1 aliphatic rings. The van der Waals surface area contributed by atoms with Crippen LogP contribution in [-0.2, 0) is 4.79 Å². The monoisotopic (exact) mass is 374 g/mol. The number of methoxy groups -OCH3 is 2. The summed E-state index contributed by atoms with van der Waals surface area (Å²) in [7, 11) is 3.12. The number of rotatable bonds is 6. The molecule has 1 amide bonds. The lowest BCUT2D eigenvalue weighted by Crippen LogP contribution is -3.15. The van der Waals surface area contributed by atoms with Gasteiger partial charge in [0.15, 0.2) is 6.54 Å². The highest BCUT2D eigenvalue weighted by atomic mass is 19.1. The van der Waals surface area contributed by atoms with Crippen molar-refractivity contribution in [1.29, 1.82) is 0 Å². The van der Waals surface area contributed by atoms with Gasteiger partial charge in [0.2, 0.25) is 0 Å². The van der Waals surface area contributed by atoms with E-state index in [0.29, 0.717) is 23.7 Å². The van der Waals surface area contributed by atoms with Crippen LogP contribution in [0.2, 0.25) is 0 Å². The molecule has 3 rings (SSSR count). The number of carbonyl (C=O) groups is 1. The fraction of sp³-hybridized carbons (Fsp3) is 0.350. The van der Waals surface area contributed by atoms with Crippen molar-refractivity contribution in [3.05, 3.63) is 48.3 Å². The number of piperazine rings is 1. The Bertz CT molecular complexity index is 752. The standard InChI is InChI=1S/C20H24FN3O3/c1-26-17-4-3-5-18(27-2)20(17)22-19(25)14-23-10-12-24(13-11-23)16-8-6-15(21)7-9-16/h3-9H,10-14H2,1-2H3,(H,22,25)/p+1. The van der Waals surface area contributed by atoms with Crippen LogP contribution >= 0.6 is 0 Å². The molecule has 2 N–H and O–H groups in total. The van der Waals surface area contributed by atoms with Gasteiger partial charge in [-0.25, -0.2) is 4.39 Å². The number of halogens is 1. The number of para-hydroxylation sites is 1. The molecule has 2 aromatic rings. The van der Waals surface area contributed by atoms with Crippen LogP contribution in [0.15, 0.2) is 42.5 Å². The molecule has 7 heteroatoms. The summed E-state index contributed by atoms with van der Waals surface area (Å²) in [6.45, 7) is 3.71. The summed E-state index contributed by atoms with van der Waals surface area (Å²) in [5.41, 5.74) is 1.57. The highest BCUT2D eigenvalue weighted by molar-refractivity contribution is 5.94. The summed E-state index contributed by atoms with van der Waals surface area (Å²) in [6, 6.07) is 11.9. The van der Waals surface area contributed by atoms with Crippen LogP contribution in [0, 0.1) is 5.82 Å². The van der Waals surface area contributed by atoms with Crippen molar-refractivity contribution >= 4 is 17.3 Å². The van der Waals surface area contributed by atoms with Gasteiger partial charge < -0.3 is 24.6 Å². The zero-order valence-electron chi connectivity index (χ0n) is 15.6. The van der Waals surface area contributed by atoms with E-state index in [-0.39, 0.29) is 11.7 Å². The van der Waals surface area contributed by atoms with E-state index in [9.17, 15) is 9.18 Å². The molecule has 0 unspecified atom stereocenters. The molecule has 27 heavy (non-hydrogen) atoms. The van der Waals surface area contributed by atoms with Gasteiger partial charge in [0.25, 0.3) is 5.91 Å². The number of anilines is 2. The van der Waals surface area contributed by atoms with Crippen LogP contribution in [0.3, 0.4) is 0 Å². The summed E-state index contributed by atoms with van der Waals surface area (Å²) in [4.78, 5) is 15.9. The molecule has 6 nitrogen and oxygen atoms in total.